The van der Waals surface area contributed by atoms with Crippen LogP contribution in [0.15, 0.2) is 46.2 Å². The highest BCUT2D eigenvalue weighted by Gasteiger charge is 2.12. The molecule has 0 atom stereocenters. The zero-order valence-corrected chi connectivity index (χ0v) is 10.6. The van der Waals surface area contributed by atoms with Gasteiger partial charge in [0.25, 0.3) is 0 Å². The molecule has 4 heteroatoms. The van der Waals surface area contributed by atoms with Gasteiger partial charge in [0.2, 0.25) is 0 Å². The Labute approximate surface area is 108 Å². The smallest absolute Gasteiger partial charge is 0.140 e. The summed E-state index contributed by atoms with van der Waals surface area (Å²) in [5.41, 5.74) is 1.33. The average molecular weight is 266 g/mol. The molecule has 0 amide bonds. The van der Waals surface area contributed by atoms with Gasteiger partial charge in [-0.1, -0.05) is 29.5 Å². The van der Waals surface area contributed by atoms with Gasteiger partial charge in [-0.3, -0.25) is 0 Å². The molecular formula is C14H12F2OS. The quantitative estimate of drug-likeness (QED) is 0.908. The van der Waals surface area contributed by atoms with E-state index >= 15 is 0 Å². The van der Waals surface area contributed by atoms with Crippen LogP contribution in [0.5, 0.6) is 0 Å². The molecule has 0 aliphatic heterocycles. The molecule has 2 rings (SSSR count). The van der Waals surface area contributed by atoms with Crippen LogP contribution in [-0.4, -0.2) is 5.11 Å². The molecule has 2 aromatic rings. The number of aliphatic hydroxyl groups is 1. The molecule has 0 aliphatic rings. The highest BCUT2D eigenvalue weighted by molar-refractivity contribution is 7.99. The Morgan fingerprint density at radius 2 is 1.61 bits per heavy atom. The third-order valence-corrected chi connectivity index (χ3v) is 3.58. The van der Waals surface area contributed by atoms with E-state index in [1.54, 1.807) is 0 Å². The summed E-state index contributed by atoms with van der Waals surface area (Å²) in [5.74, 6) is -1.30. The monoisotopic (exact) mass is 266 g/mol. The van der Waals surface area contributed by atoms with E-state index < -0.39 is 11.6 Å². The first kappa shape index (κ1) is 13.1. The topological polar surface area (TPSA) is 20.2 Å². The van der Waals surface area contributed by atoms with Crippen molar-refractivity contribution in [2.75, 3.05) is 0 Å². The Morgan fingerprint density at radius 1 is 1.06 bits per heavy atom. The van der Waals surface area contributed by atoms with Crippen molar-refractivity contribution < 1.29 is 13.9 Å². The van der Waals surface area contributed by atoms with Crippen molar-refractivity contribution >= 4 is 11.8 Å². The van der Waals surface area contributed by atoms with Gasteiger partial charge in [0.1, 0.15) is 11.6 Å². The lowest BCUT2D eigenvalue weighted by Crippen LogP contribution is -1.93. The summed E-state index contributed by atoms with van der Waals surface area (Å²) in [7, 11) is 0. The van der Waals surface area contributed by atoms with Gasteiger partial charge in [-0.25, -0.2) is 8.78 Å². The van der Waals surface area contributed by atoms with Crippen LogP contribution < -0.4 is 0 Å². The second-order valence-corrected chi connectivity index (χ2v) is 5.05. The summed E-state index contributed by atoms with van der Waals surface area (Å²) >= 11 is 1.04. The van der Waals surface area contributed by atoms with E-state index in [-0.39, 0.29) is 17.1 Å². The fourth-order valence-electron chi connectivity index (χ4n) is 1.53. The van der Waals surface area contributed by atoms with Gasteiger partial charge in [0.05, 0.1) is 11.5 Å². The van der Waals surface area contributed by atoms with Crippen LogP contribution in [-0.2, 0) is 6.61 Å². The molecule has 0 unspecified atom stereocenters. The molecule has 0 bridgehead atoms. The molecule has 2 aromatic carbocycles. The predicted octanol–water partition coefficient (Wildman–Crippen LogP) is 3.92. The molecule has 0 heterocycles. The number of halogens is 2. The van der Waals surface area contributed by atoms with Crippen molar-refractivity contribution in [1.29, 1.82) is 0 Å². The zero-order chi connectivity index (χ0) is 13.1. The Hall–Kier alpha value is -1.39. The lowest BCUT2D eigenvalue weighted by atomic mass is 10.2. The molecule has 94 valence electrons. The fourth-order valence-corrected chi connectivity index (χ4v) is 2.35. The summed E-state index contributed by atoms with van der Waals surface area (Å²) in [6.07, 6.45) is 0. The summed E-state index contributed by atoms with van der Waals surface area (Å²) < 4.78 is 27.4. The average Bonchev–Trinajstić information content (AvgIpc) is 2.35. The molecule has 0 saturated heterocycles. The molecule has 0 spiro atoms. The largest absolute Gasteiger partial charge is 0.392 e. The van der Waals surface area contributed by atoms with Crippen molar-refractivity contribution in [1.82, 2.24) is 0 Å². The molecule has 0 saturated carbocycles. The number of aryl methyl sites for hydroxylation is 1. The number of benzene rings is 2. The summed E-state index contributed by atoms with van der Waals surface area (Å²) in [6, 6.07) is 9.72. The predicted molar refractivity (Wildman–Crippen MR) is 67.6 cm³/mol. The van der Waals surface area contributed by atoms with Crippen LogP contribution in [0.1, 0.15) is 11.1 Å². The molecule has 1 N–H and O–H groups in total. The molecule has 0 radical (unpaired) electrons. The maximum atomic E-state index is 13.7. The van der Waals surface area contributed by atoms with Crippen LogP contribution in [0.3, 0.4) is 0 Å². The van der Waals surface area contributed by atoms with Crippen LogP contribution >= 0.6 is 11.8 Å². The molecule has 0 fully saturated rings. The van der Waals surface area contributed by atoms with Gasteiger partial charge in [0.15, 0.2) is 0 Å². The fraction of sp³-hybridized carbons (Fsp3) is 0.143. The van der Waals surface area contributed by atoms with E-state index in [0.717, 1.165) is 34.4 Å². The second-order valence-electron chi connectivity index (χ2n) is 3.96. The second kappa shape index (κ2) is 5.50. The zero-order valence-electron chi connectivity index (χ0n) is 9.78. The van der Waals surface area contributed by atoms with E-state index in [1.807, 2.05) is 31.2 Å². The van der Waals surface area contributed by atoms with Crippen molar-refractivity contribution in [3.63, 3.8) is 0 Å². The Kier molecular flexibility index (Phi) is 3.99. The molecule has 18 heavy (non-hydrogen) atoms. The Balaban J connectivity index is 2.31. The van der Waals surface area contributed by atoms with Crippen LogP contribution in [0.4, 0.5) is 8.78 Å². The standard InChI is InChI=1S/C14H12F2OS/c1-9-2-4-11(5-3-9)18-14-12(15)6-10(8-17)7-13(14)16/h2-7,17H,8H2,1H3. The minimum Gasteiger partial charge on any atom is -0.392 e. The van der Waals surface area contributed by atoms with Crippen LogP contribution in [0.2, 0.25) is 0 Å². The number of hydrogen-bond acceptors (Lipinski definition) is 2. The lowest BCUT2D eigenvalue weighted by Gasteiger charge is -2.07. The summed E-state index contributed by atoms with van der Waals surface area (Å²) in [4.78, 5) is 0.728. The molecule has 0 aliphatic carbocycles. The number of hydrogen-bond donors (Lipinski definition) is 1. The third kappa shape index (κ3) is 2.89. The van der Waals surface area contributed by atoms with Gasteiger partial charge in [-0.05, 0) is 36.8 Å². The van der Waals surface area contributed by atoms with Crippen LogP contribution in [0.25, 0.3) is 0 Å². The maximum absolute atomic E-state index is 13.7. The summed E-state index contributed by atoms with van der Waals surface area (Å²) in [5, 5.41) is 8.86. The Bertz CT molecular complexity index is 529. The number of rotatable bonds is 3. The lowest BCUT2D eigenvalue weighted by molar-refractivity contribution is 0.280. The normalized spacial score (nSPS) is 10.7. The van der Waals surface area contributed by atoms with Gasteiger partial charge in [0, 0.05) is 4.90 Å². The van der Waals surface area contributed by atoms with Gasteiger partial charge < -0.3 is 5.11 Å². The van der Waals surface area contributed by atoms with Crippen molar-refractivity contribution in [3.05, 3.63) is 59.2 Å². The first-order valence-corrected chi connectivity index (χ1v) is 6.25. The van der Waals surface area contributed by atoms with Crippen LogP contribution in [0, 0.1) is 18.6 Å². The van der Waals surface area contributed by atoms with E-state index in [4.69, 9.17) is 5.11 Å². The van der Waals surface area contributed by atoms with Crippen molar-refractivity contribution in [2.24, 2.45) is 0 Å². The maximum Gasteiger partial charge on any atom is 0.140 e. The first-order valence-electron chi connectivity index (χ1n) is 5.43. The van der Waals surface area contributed by atoms with Crippen molar-refractivity contribution in [2.45, 2.75) is 23.3 Å². The SMILES string of the molecule is Cc1ccc(Sc2c(F)cc(CO)cc2F)cc1. The molecule has 1 nitrogen and oxygen atoms in total. The number of aliphatic hydroxyl groups excluding tert-OH is 1. The van der Waals surface area contributed by atoms with Gasteiger partial charge in [-0.2, -0.15) is 0 Å². The highest BCUT2D eigenvalue weighted by atomic mass is 32.2. The van der Waals surface area contributed by atoms with E-state index in [9.17, 15) is 8.78 Å². The summed E-state index contributed by atoms with van der Waals surface area (Å²) in [6.45, 7) is 1.58. The Morgan fingerprint density at radius 3 is 2.11 bits per heavy atom. The van der Waals surface area contributed by atoms with Gasteiger partial charge >= 0.3 is 0 Å². The molecular weight excluding hydrogens is 254 g/mol. The van der Waals surface area contributed by atoms with Crippen molar-refractivity contribution in [3.8, 4) is 0 Å². The highest BCUT2D eigenvalue weighted by Crippen LogP contribution is 2.32. The molecule has 0 aromatic heterocycles. The minimum absolute atomic E-state index is 0.0453. The van der Waals surface area contributed by atoms with Gasteiger partial charge in [-0.15, -0.1) is 0 Å². The van der Waals surface area contributed by atoms with E-state index in [1.165, 1.54) is 0 Å². The first-order chi connectivity index (χ1) is 8.60. The minimum atomic E-state index is -0.648. The van der Waals surface area contributed by atoms with E-state index in [2.05, 4.69) is 0 Å². The third-order valence-electron chi connectivity index (χ3n) is 2.48. The van der Waals surface area contributed by atoms with E-state index in [0.29, 0.717) is 0 Å².